The van der Waals surface area contributed by atoms with Crippen LogP contribution in [-0.2, 0) is 6.54 Å². The molecule has 1 nitrogen and oxygen atoms in total. The van der Waals surface area contributed by atoms with E-state index in [-0.39, 0.29) is 5.82 Å². The van der Waals surface area contributed by atoms with Crippen LogP contribution in [0.2, 0.25) is 0 Å². The molecule has 0 N–H and O–H groups in total. The molecule has 1 aromatic rings. The van der Waals surface area contributed by atoms with Gasteiger partial charge in [-0.1, -0.05) is 19.4 Å². The summed E-state index contributed by atoms with van der Waals surface area (Å²) in [7, 11) is 0. The molecule has 0 radical (unpaired) electrons. The summed E-state index contributed by atoms with van der Waals surface area (Å²) < 4.78 is 13.2. The maximum absolute atomic E-state index is 13.2. The molecule has 0 bridgehead atoms. The fraction of sp³-hybridized carbons (Fsp3) is 0.571. The van der Waals surface area contributed by atoms with Crippen molar-refractivity contribution in [2.24, 2.45) is 0 Å². The van der Waals surface area contributed by atoms with Crippen molar-refractivity contribution in [3.8, 4) is 0 Å². The van der Waals surface area contributed by atoms with Crippen LogP contribution in [0.15, 0.2) is 18.2 Å². The first-order valence-electron chi connectivity index (χ1n) is 6.20. The van der Waals surface area contributed by atoms with Crippen molar-refractivity contribution in [2.75, 3.05) is 19.0 Å². The van der Waals surface area contributed by atoms with Gasteiger partial charge in [0, 0.05) is 19.0 Å². The number of aryl methyl sites for hydroxylation is 1. The van der Waals surface area contributed by atoms with Crippen molar-refractivity contribution in [3.63, 3.8) is 0 Å². The van der Waals surface area contributed by atoms with E-state index >= 15 is 0 Å². The lowest BCUT2D eigenvalue weighted by Crippen LogP contribution is -2.26. The fourth-order valence-electron chi connectivity index (χ4n) is 1.82. The Bertz CT molecular complexity index is 341. The number of alkyl halides is 1. The molecule has 3 heteroatoms. The highest BCUT2D eigenvalue weighted by Crippen LogP contribution is 2.13. The molecule has 0 fully saturated rings. The summed E-state index contributed by atoms with van der Waals surface area (Å²) in [5.41, 5.74) is 2.20. The molecule has 0 unspecified atom stereocenters. The third kappa shape index (κ3) is 5.05. The Morgan fingerprint density at radius 1 is 1.29 bits per heavy atom. The van der Waals surface area contributed by atoms with Gasteiger partial charge >= 0.3 is 0 Å². The maximum Gasteiger partial charge on any atom is 0.123 e. The van der Waals surface area contributed by atoms with E-state index in [0.717, 1.165) is 37.2 Å². The minimum Gasteiger partial charge on any atom is -0.298 e. The van der Waals surface area contributed by atoms with Crippen molar-refractivity contribution in [2.45, 2.75) is 33.2 Å². The van der Waals surface area contributed by atoms with Gasteiger partial charge in [0.05, 0.1) is 0 Å². The van der Waals surface area contributed by atoms with Crippen molar-refractivity contribution in [1.29, 1.82) is 0 Å². The first kappa shape index (κ1) is 14.5. The highest BCUT2D eigenvalue weighted by Gasteiger charge is 2.07. The Morgan fingerprint density at radius 3 is 2.71 bits per heavy atom. The third-order valence-electron chi connectivity index (χ3n) is 2.93. The van der Waals surface area contributed by atoms with E-state index in [0.29, 0.717) is 5.88 Å². The van der Waals surface area contributed by atoms with Crippen LogP contribution in [0.5, 0.6) is 0 Å². The second-order valence-electron chi connectivity index (χ2n) is 4.39. The van der Waals surface area contributed by atoms with Crippen LogP contribution in [0.3, 0.4) is 0 Å². The van der Waals surface area contributed by atoms with Crippen LogP contribution < -0.4 is 0 Å². The van der Waals surface area contributed by atoms with Gasteiger partial charge < -0.3 is 0 Å². The van der Waals surface area contributed by atoms with Crippen molar-refractivity contribution in [1.82, 2.24) is 4.90 Å². The SMILES string of the molecule is CCCCN(CCCl)Cc1cc(F)ccc1C. The fourth-order valence-corrected chi connectivity index (χ4v) is 2.06. The normalized spacial score (nSPS) is 11.1. The number of hydrogen-bond acceptors (Lipinski definition) is 1. The second-order valence-corrected chi connectivity index (χ2v) is 4.77. The zero-order valence-electron chi connectivity index (χ0n) is 10.7. The Balaban J connectivity index is 2.67. The smallest absolute Gasteiger partial charge is 0.123 e. The van der Waals surface area contributed by atoms with E-state index in [1.54, 1.807) is 6.07 Å². The molecule has 0 aliphatic rings. The second kappa shape index (κ2) is 7.67. The molecule has 0 aromatic heterocycles. The van der Waals surface area contributed by atoms with Gasteiger partial charge in [0.25, 0.3) is 0 Å². The van der Waals surface area contributed by atoms with E-state index < -0.39 is 0 Å². The minimum atomic E-state index is -0.160. The Kier molecular flexibility index (Phi) is 6.53. The molecule has 1 rings (SSSR count). The first-order valence-corrected chi connectivity index (χ1v) is 6.74. The molecular formula is C14H21ClFN. The van der Waals surface area contributed by atoms with E-state index in [1.165, 1.54) is 12.5 Å². The third-order valence-corrected chi connectivity index (χ3v) is 3.10. The van der Waals surface area contributed by atoms with Gasteiger partial charge in [0.1, 0.15) is 5.82 Å². The minimum absolute atomic E-state index is 0.160. The van der Waals surface area contributed by atoms with Crippen LogP contribution in [0, 0.1) is 12.7 Å². The lowest BCUT2D eigenvalue weighted by Gasteiger charge is -2.22. The molecule has 1 aromatic carbocycles. The number of nitrogens with zero attached hydrogens (tertiary/aromatic N) is 1. The Hall–Kier alpha value is -0.600. The summed E-state index contributed by atoms with van der Waals surface area (Å²) in [6, 6.07) is 4.97. The number of halogens is 2. The number of unbranched alkanes of at least 4 members (excludes halogenated alkanes) is 1. The van der Waals surface area contributed by atoms with Crippen LogP contribution >= 0.6 is 11.6 Å². The molecule has 96 valence electrons. The summed E-state index contributed by atoms with van der Waals surface area (Å²) in [5.74, 6) is 0.463. The van der Waals surface area contributed by atoms with Gasteiger partial charge in [0.2, 0.25) is 0 Å². The number of hydrogen-bond donors (Lipinski definition) is 0. The van der Waals surface area contributed by atoms with Gasteiger partial charge in [-0.2, -0.15) is 0 Å². The Morgan fingerprint density at radius 2 is 2.06 bits per heavy atom. The maximum atomic E-state index is 13.2. The van der Waals surface area contributed by atoms with Crippen LogP contribution in [0.25, 0.3) is 0 Å². The van der Waals surface area contributed by atoms with Crippen LogP contribution in [0.1, 0.15) is 30.9 Å². The highest BCUT2D eigenvalue weighted by atomic mass is 35.5. The van der Waals surface area contributed by atoms with Gasteiger partial charge in [-0.05, 0) is 43.1 Å². The van der Waals surface area contributed by atoms with E-state index in [9.17, 15) is 4.39 Å². The summed E-state index contributed by atoms with van der Waals surface area (Å²) in [5, 5.41) is 0. The zero-order valence-corrected chi connectivity index (χ0v) is 11.4. The van der Waals surface area contributed by atoms with Crippen molar-refractivity contribution < 1.29 is 4.39 Å². The summed E-state index contributed by atoms with van der Waals surface area (Å²) in [6.07, 6.45) is 2.33. The molecule has 0 aliphatic carbocycles. The molecule has 0 saturated carbocycles. The predicted octanol–water partition coefficient (Wildman–Crippen LogP) is 3.98. The largest absolute Gasteiger partial charge is 0.298 e. The molecule has 0 aliphatic heterocycles. The summed E-state index contributed by atoms with van der Waals surface area (Å²) >= 11 is 5.80. The van der Waals surface area contributed by atoms with E-state index in [2.05, 4.69) is 11.8 Å². The average Bonchev–Trinajstić information content (AvgIpc) is 2.31. The van der Waals surface area contributed by atoms with E-state index in [1.807, 2.05) is 13.0 Å². The Labute approximate surface area is 109 Å². The highest BCUT2D eigenvalue weighted by molar-refractivity contribution is 6.18. The van der Waals surface area contributed by atoms with Gasteiger partial charge in [-0.15, -0.1) is 11.6 Å². The molecular weight excluding hydrogens is 237 g/mol. The van der Waals surface area contributed by atoms with Gasteiger partial charge in [-0.3, -0.25) is 4.90 Å². The molecule has 0 atom stereocenters. The standard InChI is InChI=1S/C14H21ClFN/c1-3-4-8-17(9-7-15)11-13-10-14(16)6-5-12(13)2/h5-6,10H,3-4,7-9,11H2,1-2H3. The molecule has 0 saturated heterocycles. The quantitative estimate of drug-likeness (QED) is 0.668. The van der Waals surface area contributed by atoms with Crippen LogP contribution in [0.4, 0.5) is 4.39 Å². The van der Waals surface area contributed by atoms with Crippen molar-refractivity contribution in [3.05, 3.63) is 35.1 Å². The van der Waals surface area contributed by atoms with Crippen molar-refractivity contribution >= 4 is 11.6 Å². The number of rotatable bonds is 7. The van der Waals surface area contributed by atoms with Gasteiger partial charge in [-0.25, -0.2) is 4.39 Å². The number of benzene rings is 1. The molecule has 0 spiro atoms. The zero-order chi connectivity index (χ0) is 12.7. The first-order chi connectivity index (χ1) is 8.17. The van der Waals surface area contributed by atoms with Crippen LogP contribution in [-0.4, -0.2) is 23.9 Å². The predicted molar refractivity (Wildman–Crippen MR) is 72.0 cm³/mol. The lowest BCUT2D eigenvalue weighted by atomic mass is 10.1. The molecule has 17 heavy (non-hydrogen) atoms. The van der Waals surface area contributed by atoms with E-state index in [4.69, 9.17) is 11.6 Å². The summed E-state index contributed by atoms with van der Waals surface area (Å²) in [6.45, 7) is 6.87. The monoisotopic (exact) mass is 257 g/mol. The summed E-state index contributed by atoms with van der Waals surface area (Å²) in [4.78, 5) is 2.29. The molecule has 0 heterocycles. The lowest BCUT2D eigenvalue weighted by molar-refractivity contribution is 0.276. The van der Waals surface area contributed by atoms with Gasteiger partial charge in [0.15, 0.2) is 0 Å². The topological polar surface area (TPSA) is 3.24 Å². The molecule has 0 amide bonds. The average molecular weight is 258 g/mol.